The second-order valence-corrected chi connectivity index (χ2v) is 5.31. The van der Waals surface area contributed by atoms with Gasteiger partial charge in [-0.25, -0.2) is 0 Å². The lowest BCUT2D eigenvalue weighted by molar-refractivity contribution is -0.147. The van der Waals surface area contributed by atoms with Crippen molar-refractivity contribution in [2.24, 2.45) is 11.7 Å². The average molecular weight is 267 g/mol. The van der Waals surface area contributed by atoms with Gasteiger partial charge < -0.3 is 10.8 Å². The van der Waals surface area contributed by atoms with E-state index < -0.39 is 11.9 Å². The lowest BCUT2D eigenvalue weighted by atomic mass is 9.56. The molecule has 0 saturated heterocycles. The third-order valence-corrected chi connectivity index (χ3v) is 4.26. The fraction of sp³-hybridized carbons (Fsp3) is 0.235. The molecule has 0 radical (unpaired) electrons. The molecule has 1 fully saturated rings. The molecule has 0 bridgehead atoms. The Bertz CT molecular complexity index is 549. The number of aliphatic carboxylic acids is 1. The van der Waals surface area contributed by atoms with Crippen LogP contribution < -0.4 is 5.73 Å². The molecule has 3 heteroatoms. The summed E-state index contributed by atoms with van der Waals surface area (Å²) in [6.07, 6.45) is 0. The number of carboxylic acids is 1. The average Bonchev–Trinajstić information content (AvgIpc) is 2.46. The van der Waals surface area contributed by atoms with Crippen molar-refractivity contribution in [3.63, 3.8) is 0 Å². The van der Waals surface area contributed by atoms with Crippen molar-refractivity contribution in [1.29, 1.82) is 0 Å². The molecule has 0 aliphatic heterocycles. The quantitative estimate of drug-likeness (QED) is 0.898. The Hall–Kier alpha value is -2.13. The molecule has 20 heavy (non-hydrogen) atoms. The zero-order valence-electron chi connectivity index (χ0n) is 11.0. The van der Waals surface area contributed by atoms with Crippen LogP contribution in [0.15, 0.2) is 60.7 Å². The molecule has 3 rings (SSSR count). The molecule has 3 nitrogen and oxygen atoms in total. The van der Waals surface area contributed by atoms with Gasteiger partial charge >= 0.3 is 5.97 Å². The maximum atomic E-state index is 11.6. The number of hydrogen-bond acceptors (Lipinski definition) is 2. The third kappa shape index (κ3) is 2.00. The number of benzene rings is 2. The van der Waals surface area contributed by atoms with Crippen molar-refractivity contribution in [2.75, 3.05) is 0 Å². The van der Waals surface area contributed by atoms with Gasteiger partial charge in [-0.3, -0.25) is 4.79 Å². The molecule has 0 heterocycles. The van der Waals surface area contributed by atoms with Crippen LogP contribution in [0, 0.1) is 5.92 Å². The molecule has 0 aromatic heterocycles. The summed E-state index contributed by atoms with van der Waals surface area (Å²) in [4.78, 5) is 11.6. The van der Waals surface area contributed by atoms with Gasteiger partial charge in [-0.1, -0.05) is 60.7 Å². The van der Waals surface area contributed by atoms with Crippen LogP contribution in [0.3, 0.4) is 0 Å². The van der Waals surface area contributed by atoms with E-state index in [4.69, 9.17) is 5.73 Å². The van der Waals surface area contributed by atoms with E-state index in [2.05, 4.69) is 0 Å². The van der Waals surface area contributed by atoms with Crippen LogP contribution >= 0.6 is 0 Å². The molecule has 0 amide bonds. The van der Waals surface area contributed by atoms with Crippen LogP contribution in [0.2, 0.25) is 0 Å². The monoisotopic (exact) mass is 267 g/mol. The second-order valence-electron chi connectivity index (χ2n) is 5.31. The minimum Gasteiger partial charge on any atom is -0.481 e. The zero-order valence-corrected chi connectivity index (χ0v) is 11.0. The number of nitrogens with two attached hydrogens (primary N) is 1. The van der Waals surface area contributed by atoms with Crippen molar-refractivity contribution in [2.45, 2.75) is 17.9 Å². The smallest absolute Gasteiger partial charge is 0.307 e. The van der Waals surface area contributed by atoms with E-state index in [1.165, 1.54) is 0 Å². The van der Waals surface area contributed by atoms with Gasteiger partial charge in [0.1, 0.15) is 0 Å². The summed E-state index contributed by atoms with van der Waals surface area (Å²) in [5, 5.41) is 9.56. The van der Waals surface area contributed by atoms with Crippen LogP contribution in [-0.2, 0) is 4.79 Å². The van der Waals surface area contributed by atoms with E-state index in [-0.39, 0.29) is 17.9 Å². The summed E-state index contributed by atoms with van der Waals surface area (Å²) in [7, 11) is 0. The topological polar surface area (TPSA) is 63.3 Å². The van der Waals surface area contributed by atoms with Crippen LogP contribution in [0.1, 0.15) is 23.0 Å². The Labute approximate surface area is 118 Å². The highest BCUT2D eigenvalue weighted by Gasteiger charge is 2.53. The molecular weight excluding hydrogens is 250 g/mol. The number of hydrogen-bond donors (Lipinski definition) is 2. The Kier molecular flexibility index (Phi) is 3.28. The van der Waals surface area contributed by atoms with Crippen molar-refractivity contribution in [3.8, 4) is 0 Å². The number of rotatable bonds is 3. The third-order valence-electron chi connectivity index (χ3n) is 4.26. The first-order chi connectivity index (χ1) is 9.70. The first kappa shape index (κ1) is 12.9. The molecule has 2 atom stereocenters. The Balaban J connectivity index is 1.94. The van der Waals surface area contributed by atoms with Crippen LogP contribution in [0.4, 0.5) is 0 Å². The van der Waals surface area contributed by atoms with E-state index in [1.54, 1.807) is 0 Å². The summed E-state index contributed by atoms with van der Waals surface area (Å²) in [5.74, 6) is -1.44. The Morgan fingerprint density at radius 2 is 1.25 bits per heavy atom. The summed E-state index contributed by atoms with van der Waals surface area (Å²) in [5.41, 5.74) is 8.32. The fourth-order valence-electron chi connectivity index (χ4n) is 3.30. The van der Waals surface area contributed by atoms with Gasteiger partial charge in [0.15, 0.2) is 0 Å². The first-order valence-electron chi connectivity index (χ1n) is 6.78. The lowest BCUT2D eigenvalue weighted by Crippen LogP contribution is -2.55. The first-order valence-corrected chi connectivity index (χ1v) is 6.78. The number of carboxylic acid groups (broad SMARTS) is 1. The Morgan fingerprint density at radius 3 is 1.60 bits per heavy atom. The summed E-state index contributed by atoms with van der Waals surface area (Å²) in [6.45, 7) is 0. The number of carbonyl (C=O) groups is 1. The molecule has 0 spiro atoms. The molecule has 0 unspecified atom stereocenters. The minimum absolute atomic E-state index is 0.112. The van der Waals surface area contributed by atoms with Crippen molar-refractivity contribution in [1.82, 2.24) is 0 Å². The predicted octanol–water partition coefficient (Wildman–Crippen LogP) is 2.60. The zero-order chi connectivity index (χ0) is 14.1. The van der Waals surface area contributed by atoms with Crippen molar-refractivity contribution >= 4 is 5.97 Å². The van der Waals surface area contributed by atoms with E-state index in [0.29, 0.717) is 0 Å². The van der Waals surface area contributed by atoms with E-state index >= 15 is 0 Å². The molecule has 102 valence electrons. The standard InChI is InChI=1S/C17H17NO2/c18-16-13(11-7-3-1-4-8-11)15(17(19)20)14(16)12-9-5-2-6-10-12/h1-10,13-16H,18H2,(H,19,20)/t13-,14-,15?,16?/m0/s1. The lowest BCUT2D eigenvalue weighted by Gasteiger charge is -2.48. The summed E-state index contributed by atoms with van der Waals surface area (Å²) < 4.78 is 0. The van der Waals surface area contributed by atoms with Crippen molar-refractivity contribution < 1.29 is 9.90 Å². The van der Waals surface area contributed by atoms with E-state index in [1.807, 2.05) is 60.7 Å². The van der Waals surface area contributed by atoms with Crippen molar-refractivity contribution in [3.05, 3.63) is 71.8 Å². The van der Waals surface area contributed by atoms with E-state index in [9.17, 15) is 9.90 Å². The van der Waals surface area contributed by atoms with Gasteiger partial charge in [0.2, 0.25) is 0 Å². The predicted molar refractivity (Wildman–Crippen MR) is 77.5 cm³/mol. The molecule has 1 saturated carbocycles. The van der Waals surface area contributed by atoms with Gasteiger partial charge in [-0.05, 0) is 11.1 Å². The molecule has 1 aliphatic rings. The highest BCUT2D eigenvalue weighted by Crippen LogP contribution is 2.51. The normalized spacial score (nSPS) is 28.6. The Morgan fingerprint density at radius 1 is 0.850 bits per heavy atom. The highest BCUT2D eigenvalue weighted by molar-refractivity contribution is 5.75. The van der Waals surface area contributed by atoms with Gasteiger partial charge in [0, 0.05) is 17.9 Å². The van der Waals surface area contributed by atoms with Crippen LogP contribution in [0.5, 0.6) is 0 Å². The van der Waals surface area contributed by atoms with Gasteiger partial charge in [-0.15, -0.1) is 0 Å². The second kappa shape index (κ2) is 5.10. The SMILES string of the molecule is NC1[C@@H](c2ccccc2)C(C(=O)O)[C@@H]1c1ccccc1. The van der Waals surface area contributed by atoms with Crippen LogP contribution in [0.25, 0.3) is 0 Å². The molecule has 2 aromatic carbocycles. The largest absolute Gasteiger partial charge is 0.481 e. The summed E-state index contributed by atoms with van der Waals surface area (Å²) >= 11 is 0. The molecule has 1 aliphatic carbocycles. The van der Waals surface area contributed by atoms with Gasteiger partial charge in [0.05, 0.1) is 5.92 Å². The molecule has 2 aromatic rings. The van der Waals surface area contributed by atoms with E-state index in [0.717, 1.165) is 11.1 Å². The fourth-order valence-corrected chi connectivity index (χ4v) is 3.30. The highest BCUT2D eigenvalue weighted by atomic mass is 16.4. The van der Waals surface area contributed by atoms with Gasteiger partial charge in [0.25, 0.3) is 0 Å². The summed E-state index contributed by atoms with van der Waals surface area (Å²) in [6, 6.07) is 19.3. The molecule has 3 N–H and O–H groups in total. The maximum Gasteiger partial charge on any atom is 0.307 e. The minimum atomic E-state index is -0.769. The maximum absolute atomic E-state index is 11.6. The van der Waals surface area contributed by atoms with Gasteiger partial charge in [-0.2, -0.15) is 0 Å². The van der Waals surface area contributed by atoms with Crippen LogP contribution in [-0.4, -0.2) is 17.1 Å². The molecular formula is C17H17NO2.